The number of carbonyl (C=O) groups is 1. The van der Waals surface area contributed by atoms with Gasteiger partial charge in [-0.3, -0.25) is 9.89 Å². The molecule has 0 spiro atoms. The highest BCUT2D eigenvalue weighted by atomic mass is 32.2. The maximum absolute atomic E-state index is 13.1. The topological polar surface area (TPSA) is 57.8 Å². The first-order valence-electron chi connectivity index (χ1n) is 6.33. The van der Waals surface area contributed by atoms with E-state index >= 15 is 0 Å². The normalized spacial score (nSPS) is 22.1. The number of benzene rings is 1. The van der Waals surface area contributed by atoms with Gasteiger partial charge in [-0.15, -0.1) is 11.8 Å². The molecule has 6 heteroatoms. The molecule has 2 N–H and O–H groups in total. The van der Waals surface area contributed by atoms with Crippen molar-refractivity contribution in [1.29, 1.82) is 0 Å². The van der Waals surface area contributed by atoms with E-state index in [4.69, 9.17) is 0 Å². The van der Waals surface area contributed by atoms with Gasteiger partial charge in [0.15, 0.2) is 5.82 Å². The standard InChI is InChI=1S/C14H14FN3OS/c1-7-11-12(9-3-5-10(15)6-4-9)20-8(2)14(19)16-13(11)18-17-7/h3-6,8,12H,1-2H3,(H2,16,17,18,19)/t8-,12+/m0/s1. The Bertz CT molecular complexity index is 653. The van der Waals surface area contributed by atoms with Gasteiger partial charge >= 0.3 is 0 Å². The van der Waals surface area contributed by atoms with Crippen LogP contribution >= 0.6 is 11.8 Å². The van der Waals surface area contributed by atoms with E-state index in [1.165, 1.54) is 12.1 Å². The number of nitrogens with zero attached hydrogens (tertiary/aromatic N) is 1. The van der Waals surface area contributed by atoms with Crippen LogP contribution < -0.4 is 5.32 Å². The Kier molecular flexibility index (Phi) is 3.25. The molecule has 0 saturated heterocycles. The molecular weight excluding hydrogens is 277 g/mol. The molecule has 4 nitrogen and oxygen atoms in total. The largest absolute Gasteiger partial charge is 0.308 e. The summed E-state index contributed by atoms with van der Waals surface area (Å²) in [5.74, 6) is 0.241. The fourth-order valence-corrected chi connectivity index (χ4v) is 3.62. The average molecular weight is 291 g/mol. The van der Waals surface area contributed by atoms with Gasteiger partial charge in [-0.05, 0) is 31.5 Å². The summed E-state index contributed by atoms with van der Waals surface area (Å²) in [6.07, 6.45) is 0. The van der Waals surface area contributed by atoms with Crippen LogP contribution in [0.2, 0.25) is 0 Å². The molecule has 0 saturated carbocycles. The average Bonchev–Trinajstić information content (AvgIpc) is 2.71. The van der Waals surface area contributed by atoms with Crippen LogP contribution in [0.1, 0.15) is 29.0 Å². The fraction of sp³-hybridized carbons (Fsp3) is 0.286. The molecule has 3 rings (SSSR count). The highest BCUT2D eigenvalue weighted by Gasteiger charge is 2.32. The molecule has 20 heavy (non-hydrogen) atoms. The maximum Gasteiger partial charge on any atom is 0.238 e. The van der Waals surface area contributed by atoms with Crippen LogP contribution in [0, 0.1) is 12.7 Å². The molecule has 0 aliphatic carbocycles. The summed E-state index contributed by atoms with van der Waals surface area (Å²) >= 11 is 1.54. The van der Waals surface area contributed by atoms with Gasteiger partial charge in [0.05, 0.1) is 10.5 Å². The fourth-order valence-electron chi connectivity index (χ4n) is 2.29. The number of hydrogen-bond acceptors (Lipinski definition) is 3. The quantitative estimate of drug-likeness (QED) is 0.849. The third-order valence-electron chi connectivity index (χ3n) is 3.38. The van der Waals surface area contributed by atoms with Crippen LogP contribution in [0.5, 0.6) is 0 Å². The molecule has 104 valence electrons. The second-order valence-corrected chi connectivity index (χ2v) is 6.26. The number of carbonyl (C=O) groups excluding carboxylic acids is 1. The zero-order valence-corrected chi connectivity index (χ0v) is 11.9. The second-order valence-electron chi connectivity index (χ2n) is 4.81. The Morgan fingerprint density at radius 3 is 2.70 bits per heavy atom. The van der Waals surface area contributed by atoms with E-state index in [9.17, 15) is 9.18 Å². The summed E-state index contributed by atoms with van der Waals surface area (Å²) in [7, 11) is 0. The summed E-state index contributed by atoms with van der Waals surface area (Å²) in [4.78, 5) is 12.0. The van der Waals surface area contributed by atoms with Crippen molar-refractivity contribution >= 4 is 23.5 Å². The van der Waals surface area contributed by atoms with E-state index in [0.717, 1.165) is 16.8 Å². The smallest absolute Gasteiger partial charge is 0.238 e. The number of halogens is 1. The van der Waals surface area contributed by atoms with Crippen LogP contribution in [0.4, 0.5) is 10.2 Å². The molecule has 0 bridgehead atoms. The van der Waals surface area contributed by atoms with Crippen LogP contribution in [0.3, 0.4) is 0 Å². The molecule has 2 aromatic rings. The number of aryl methyl sites for hydroxylation is 1. The molecule has 1 aliphatic rings. The number of anilines is 1. The van der Waals surface area contributed by atoms with Crippen molar-refractivity contribution in [2.24, 2.45) is 0 Å². The van der Waals surface area contributed by atoms with Gasteiger partial charge in [-0.2, -0.15) is 5.10 Å². The number of rotatable bonds is 1. The van der Waals surface area contributed by atoms with E-state index in [-0.39, 0.29) is 22.2 Å². The lowest BCUT2D eigenvalue weighted by atomic mass is 10.0. The predicted octanol–water partition coefficient (Wildman–Crippen LogP) is 3.02. The molecule has 2 atom stereocenters. The minimum absolute atomic E-state index is 0.0432. The molecule has 0 radical (unpaired) electrons. The van der Waals surface area contributed by atoms with E-state index in [2.05, 4.69) is 15.5 Å². The van der Waals surface area contributed by atoms with Gasteiger partial charge in [-0.25, -0.2) is 4.39 Å². The number of amides is 1. The molecule has 1 aromatic carbocycles. The Balaban J connectivity index is 2.10. The lowest BCUT2D eigenvalue weighted by molar-refractivity contribution is -0.115. The number of H-pyrrole nitrogens is 1. The SMILES string of the molecule is Cc1[nH]nc2c1[C@@H](c1ccc(F)cc1)S[C@@H](C)C(=O)N2. The van der Waals surface area contributed by atoms with Crippen molar-refractivity contribution in [3.8, 4) is 0 Å². The predicted molar refractivity (Wildman–Crippen MR) is 77.3 cm³/mol. The number of fused-ring (bicyclic) bond motifs is 1. The maximum atomic E-state index is 13.1. The second kappa shape index (κ2) is 4.94. The molecule has 0 unspecified atom stereocenters. The molecular formula is C14H14FN3OS. The molecule has 1 aromatic heterocycles. The van der Waals surface area contributed by atoms with Gasteiger partial charge < -0.3 is 5.32 Å². The molecule has 0 fully saturated rings. The van der Waals surface area contributed by atoms with Gasteiger partial charge in [-0.1, -0.05) is 12.1 Å². The van der Waals surface area contributed by atoms with Gasteiger partial charge in [0.2, 0.25) is 5.91 Å². The lowest BCUT2D eigenvalue weighted by Gasteiger charge is -2.17. The first kappa shape index (κ1) is 13.2. The monoisotopic (exact) mass is 291 g/mol. The summed E-state index contributed by atoms with van der Waals surface area (Å²) in [6, 6.07) is 6.39. The van der Waals surface area contributed by atoms with Crippen molar-refractivity contribution in [3.63, 3.8) is 0 Å². The van der Waals surface area contributed by atoms with Crippen LogP contribution in [-0.2, 0) is 4.79 Å². The van der Waals surface area contributed by atoms with E-state index in [1.807, 2.05) is 13.8 Å². The highest BCUT2D eigenvalue weighted by molar-refractivity contribution is 8.01. The number of aromatic amines is 1. The summed E-state index contributed by atoms with van der Waals surface area (Å²) in [6.45, 7) is 3.78. The zero-order valence-electron chi connectivity index (χ0n) is 11.1. The van der Waals surface area contributed by atoms with Gasteiger partial charge in [0, 0.05) is 11.3 Å². The minimum atomic E-state index is -0.265. The Morgan fingerprint density at radius 1 is 1.30 bits per heavy atom. The van der Waals surface area contributed by atoms with Crippen molar-refractivity contribution in [2.75, 3.05) is 5.32 Å². The number of nitrogens with one attached hydrogen (secondary N) is 2. The van der Waals surface area contributed by atoms with E-state index in [0.29, 0.717) is 5.82 Å². The zero-order chi connectivity index (χ0) is 14.3. The Labute approximate surface area is 120 Å². The summed E-state index contributed by atoms with van der Waals surface area (Å²) in [5, 5.41) is 9.64. The molecule has 1 aliphatic heterocycles. The Morgan fingerprint density at radius 2 is 2.00 bits per heavy atom. The third kappa shape index (κ3) is 2.20. The highest BCUT2D eigenvalue weighted by Crippen LogP contribution is 2.44. The first-order chi connectivity index (χ1) is 9.56. The minimum Gasteiger partial charge on any atom is -0.308 e. The third-order valence-corrected chi connectivity index (χ3v) is 4.78. The van der Waals surface area contributed by atoms with Crippen molar-refractivity contribution in [2.45, 2.75) is 24.3 Å². The van der Waals surface area contributed by atoms with E-state index in [1.54, 1.807) is 23.9 Å². The van der Waals surface area contributed by atoms with Crippen LogP contribution in [0.25, 0.3) is 0 Å². The Hall–Kier alpha value is -1.82. The van der Waals surface area contributed by atoms with Crippen molar-refractivity contribution in [3.05, 3.63) is 46.9 Å². The van der Waals surface area contributed by atoms with Gasteiger partial charge in [0.1, 0.15) is 5.82 Å². The molecule has 2 heterocycles. The first-order valence-corrected chi connectivity index (χ1v) is 7.27. The van der Waals surface area contributed by atoms with Crippen molar-refractivity contribution < 1.29 is 9.18 Å². The van der Waals surface area contributed by atoms with Crippen molar-refractivity contribution in [1.82, 2.24) is 10.2 Å². The van der Waals surface area contributed by atoms with Gasteiger partial charge in [0.25, 0.3) is 0 Å². The van der Waals surface area contributed by atoms with Crippen LogP contribution in [-0.4, -0.2) is 21.4 Å². The summed E-state index contributed by atoms with van der Waals surface area (Å²) in [5.41, 5.74) is 2.83. The lowest BCUT2D eigenvalue weighted by Crippen LogP contribution is -2.21. The number of hydrogen-bond donors (Lipinski definition) is 2. The summed E-state index contributed by atoms with van der Waals surface area (Å²) < 4.78 is 13.1. The number of thioether (sulfide) groups is 1. The van der Waals surface area contributed by atoms with E-state index < -0.39 is 0 Å². The number of aromatic nitrogens is 2. The van der Waals surface area contributed by atoms with Crippen LogP contribution in [0.15, 0.2) is 24.3 Å². The molecule has 1 amide bonds.